The van der Waals surface area contributed by atoms with Crippen LogP contribution in [0.4, 0.5) is 4.79 Å². The highest BCUT2D eigenvalue weighted by Crippen LogP contribution is 2.16. The summed E-state index contributed by atoms with van der Waals surface area (Å²) in [6, 6.07) is 15.1. The largest absolute Gasteiger partial charge is 0.387 e. The lowest BCUT2D eigenvalue weighted by molar-refractivity contribution is 0.172. The summed E-state index contributed by atoms with van der Waals surface area (Å²) in [4.78, 5) is 11.9. The molecule has 0 bridgehead atoms. The molecule has 0 aliphatic heterocycles. The SMILES string of the molecule is COCc1ccc(CNC(=O)NCC(O)c2ccccc2C)cc1. The first-order chi connectivity index (χ1) is 11.6. The van der Waals surface area contributed by atoms with E-state index in [1.807, 2.05) is 55.5 Å². The van der Waals surface area contributed by atoms with Crippen molar-refractivity contribution in [3.8, 4) is 0 Å². The number of carbonyl (C=O) groups is 1. The van der Waals surface area contributed by atoms with Crippen molar-refractivity contribution in [1.29, 1.82) is 0 Å². The first-order valence-electron chi connectivity index (χ1n) is 7.92. The van der Waals surface area contributed by atoms with E-state index in [0.717, 1.165) is 22.3 Å². The molecule has 2 amide bonds. The van der Waals surface area contributed by atoms with Crippen molar-refractivity contribution in [2.75, 3.05) is 13.7 Å². The fourth-order valence-electron chi connectivity index (χ4n) is 2.42. The average molecular weight is 328 g/mol. The molecule has 0 aliphatic rings. The van der Waals surface area contributed by atoms with E-state index < -0.39 is 6.10 Å². The first kappa shape index (κ1) is 18.0. The van der Waals surface area contributed by atoms with Crippen LogP contribution >= 0.6 is 0 Å². The van der Waals surface area contributed by atoms with E-state index in [1.165, 1.54) is 0 Å². The predicted molar refractivity (Wildman–Crippen MR) is 93.5 cm³/mol. The van der Waals surface area contributed by atoms with Crippen molar-refractivity contribution in [3.05, 3.63) is 70.8 Å². The van der Waals surface area contributed by atoms with Gasteiger partial charge in [0.2, 0.25) is 0 Å². The minimum absolute atomic E-state index is 0.170. The normalized spacial score (nSPS) is 11.8. The number of urea groups is 1. The number of hydrogen-bond acceptors (Lipinski definition) is 3. The minimum Gasteiger partial charge on any atom is -0.387 e. The molecule has 1 unspecified atom stereocenters. The van der Waals surface area contributed by atoms with Crippen LogP contribution in [0.15, 0.2) is 48.5 Å². The highest BCUT2D eigenvalue weighted by Gasteiger charge is 2.11. The lowest BCUT2D eigenvalue weighted by atomic mass is 10.0. The summed E-state index contributed by atoms with van der Waals surface area (Å²) in [6.45, 7) is 3.11. The van der Waals surface area contributed by atoms with Gasteiger partial charge in [0, 0.05) is 20.2 Å². The Morgan fingerprint density at radius 1 is 1.08 bits per heavy atom. The summed E-state index contributed by atoms with van der Waals surface area (Å²) in [5.74, 6) is 0. The molecule has 128 valence electrons. The minimum atomic E-state index is -0.717. The number of hydrogen-bond donors (Lipinski definition) is 3. The number of aliphatic hydroxyl groups excluding tert-OH is 1. The second-order valence-electron chi connectivity index (χ2n) is 5.69. The van der Waals surface area contributed by atoms with E-state index in [4.69, 9.17) is 4.74 Å². The molecule has 5 nitrogen and oxygen atoms in total. The number of benzene rings is 2. The van der Waals surface area contributed by atoms with Crippen LogP contribution in [0.25, 0.3) is 0 Å². The van der Waals surface area contributed by atoms with Gasteiger partial charge in [0.15, 0.2) is 0 Å². The van der Waals surface area contributed by atoms with Gasteiger partial charge in [-0.25, -0.2) is 4.79 Å². The van der Waals surface area contributed by atoms with Crippen LogP contribution < -0.4 is 10.6 Å². The van der Waals surface area contributed by atoms with Gasteiger partial charge in [-0.2, -0.15) is 0 Å². The molecule has 0 fully saturated rings. The number of rotatable bonds is 7. The molecule has 0 heterocycles. The summed E-state index contributed by atoms with van der Waals surface area (Å²) < 4.78 is 5.06. The van der Waals surface area contributed by atoms with Crippen molar-refractivity contribution in [2.24, 2.45) is 0 Å². The molecule has 2 rings (SSSR count). The average Bonchev–Trinajstić information content (AvgIpc) is 2.60. The van der Waals surface area contributed by atoms with E-state index in [0.29, 0.717) is 13.2 Å². The monoisotopic (exact) mass is 328 g/mol. The molecule has 2 aromatic rings. The highest BCUT2D eigenvalue weighted by molar-refractivity contribution is 5.73. The highest BCUT2D eigenvalue weighted by atomic mass is 16.5. The van der Waals surface area contributed by atoms with Crippen LogP contribution in [-0.4, -0.2) is 24.8 Å². The molecule has 5 heteroatoms. The molecular formula is C19H24N2O3. The van der Waals surface area contributed by atoms with E-state index in [-0.39, 0.29) is 12.6 Å². The fraction of sp³-hybridized carbons (Fsp3) is 0.316. The maximum Gasteiger partial charge on any atom is 0.315 e. The molecule has 0 saturated heterocycles. The van der Waals surface area contributed by atoms with Crippen molar-refractivity contribution in [2.45, 2.75) is 26.2 Å². The Balaban J connectivity index is 1.76. The maximum absolute atomic E-state index is 11.9. The molecule has 1 atom stereocenters. The Labute approximate surface area is 142 Å². The second kappa shape index (κ2) is 9.05. The van der Waals surface area contributed by atoms with Crippen LogP contribution in [0, 0.1) is 6.92 Å². The van der Waals surface area contributed by atoms with Gasteiger partial charge in [0.05, 0.1) is 12.7 Å². The Kier molecular flexibility index (Phi) is 6.78. The molecule has 0 aliphatic carbocycles. The summed E-state index contributed by atoms with van der Waals surface area (Å²) in [7, 11) is 1.66. The van der Waals surface area contributed by atoms with Crippen LogP contribution in [0.2, 0.25) is 0 Å². The smallest absolute Gasteiger partial charge is 0.315 e. The van der Waals surface area contributed by atoms with Crippen molar-refractivity contribution in [1.82, 2.24) is 10.6 Å². The van der Waals surface area contributed by atoms with E-state index in [9.17, 15) is 9.90 Å². The number of aliphatic hydroxyl groups is 1. The van der Waals surface area contributed by atoms with Gasteiger partial charge in [-0.3, -0.25) is 0 Å². The van der Waals surface area contributed by atoms with E-state index in [1.54, 1.807) is 7.11 Å². The Bertz CT molecular complexity index is 656. The molecule has 0 radical (unpaired) electrons. The molecule has 0 aromatic heterocycles. The summed E-state index contributed by atoms with van der Waals surface area (Å²) in [5.41, 5.74) is 3.92. The predicted octanol–water partition coefficient (Wildman–Crippen LogP) is 2.67. The van der Waals surface area contributed by atoms with Gasteiger partial charge < -0.3 is 20.5 Å². The summed E-state index contributed by atoms with van der Waals surface area (Å²) in [6.07, 6.45) is -0.717. The van der Waals surface area contributed by atoms with Crippen LogP contribution in [-0.2, 0) is 17.9 Å². The number of nitrogens with one attached hydrogen (secondary N) is 2. The zero-order valence-corrected chi connectivity index (χ0v) is 14.1. The molecule has 24 heavy (non-hydrogen) atoms. The maximum atomic E-state index is 11.9. The Hall–Kier alpha value is -2.37. The van der Waals surface area contributed by atoms with Crippen molar-refractivity contribution < 1.29 is 14.6 Å². The second-order valence-corrected chi connectivity index (χ2v) is 5.69. The standard InChI is InChI=1S/C19H24N2O3/c1-14-5-3-4-6-17(14)18(22)12-21-19(23)20-11-15-7-9-16(10-8-15)13-24-2/h3-10,18,22H,11-13H2,1-2H3,(H2,20,21,23). The van der Waals surface area contributed by atoms with Gasteiger partial charge >= 0.3 is 6.03 Å². The topological polar surface area (TPSA) is 70.6 Å². The third kappa shape index (κ3) is 5.37. The third-order valence-corrected chi connectivity index (χ3v) is 3.79. The van der Waals surface area contributed by atoms with Crippen molar-refractivity contribution in [3.63, 3.8) is 0 Å². The van der Waals surface area contributed by atoms with Crippen LogP contribution in [0.1, 0.15) is 28.4 Å². The van der Waals surface area contributed by atoms with E-state index in [2.05, 4.69) is 10.6 Å². The van der Waals surface area contributed by atoms with Crippen LogP contribution in [0.5, 0.6) is 0 Å². The van der Waals surface area contributed by atoms with Gasteiger partial charge in [-0.1, -0.05) is 48.5 Å². The molecule has 3 N–H and O–H groups in total. The number of ether oxygens (including phenoxy) is 1. The number of aryl methyl sites for hydroxylation is 1. The molecule has 0 saturated carbocycles. The molecule has 0 spiro atoms. The third-order valence-electron chi connectivity index (χ3n) is 3.79. The number of carbonyl (C=O) groups excluding carboxylic acids is 1. The fourth-order valence-corrected chi connectivity index (χ4v) is 2.42. The zero-order chi connectivity index (χ0) is 17.4. The quantitative estimate of drug-likeness (QED) is 0.732. The van der Waals surface area contributed by atoms with Crippen molar-refractivity contribution >= 4 is 6.03 Å². The molecular weight excluding hydrogens is 304 g/mol. The van der Waals surface area contributed by atoms with Gasteiger partial charge in [-0.15, -0.1) is 0 Å². The van der Waals surface area contributed by atoms with Gasteiger partial charge in [0.1, 0.15) is 0 Å². The lowest BCUT2D eigenvalue weighted by Gasteiger charge is -2.15. The summed E-state index contributed by atoms with van der Waals surface area (Å²) in [5, 5.41) is 15.6. The number of amides is 2. The number of methoxy groups -OCH3 is 1. The lowest BCUT2D eigenvalue weighted by Crippen LogP contribution is -2.37. The van der Waals surface area contributed by atoms with Crippen LogP contribution in [0.3, 0.4) is 0 Å². The Morgan fingerprint density at radius 3 is 2.42 bits per heavy atom. The zero-order valence-electron chi connectivity index (χ0n) is 14.1. The van der Waals surface area contributed by atoms with Gasteiger partial charge in [-0.05, 0) is 29.2 Å². The molecule has 2 aromatic carbocycles. The Morgan fingerprint density at radius 2 is 1.75 bits per heavy atom. The van der Waals surface area contributed by atoms with Gasteiger partial charge in [0.25, 0.3) is 0 Å². The summed E-state index contributed by atoms with van der Waals surface area (Å²) >= 11 is 0. The first-order valence-corrected chi connectivity index (χ1v) is 7.92. The van der Waals surface area contributed by atoms with E-state index >= 15 is 0 Å².